The van der Waals surface area contributed by atoms with E-state index >= 15 is 0 Å². The van der Waals surface area contributed by atoms with E-state index in [0.29, 0.717) is 36.8 Å². The van der Waals surface area contributed by atoms with Crippen LogP contribution in [0.1, 0.15) is 66.6 Å². The summed E-state index contributed by atoms with van der Waals surface area (Å²) in [5.41, 5.74) is 1.53. The van der Waals surface area contributed by atoms with Gasteiger partial charge in [0.1, 0.15) is 16.5 Å². The number of halogens is 3. The minimum Gasteiger partial charge on any atom is -0.338 e. The van der Waals surface area contributed by atoms with Crippen LogP contribution in [-0.4, -0.2) is 57.3 Å². The maximum atomic E-state index is 14.8. The van der Waals surface area contributed by atoms with Crippen LogP contribution < -0.4 is 5.56 Å². The number of hydrogen-bond acceptors (Lipinski definition) is 3. The molecule has 5 rings (SSSR count). The molecule has 0 radical (unpaired) electrons. The Morgan fingerprint density at radius 2 is 1.69 bits per heavy atom. The molecule has 2 aliphatic heterocycles. The summed E-state index contributed by atoms with van der Waals surface area (Å²) < 4.78 is 16.4. The first-order valence-corrected chi connectivity index (χ1v) is 13.6. The summed E-state index contributed by atoms with van der Waals surface area (Å²) >= 11 is 12.5. The fraction of sp³-hybridized carbons (Fsp3) is 0.481. The molecule has 0 unspecified atom stereocenters. The Hall–Kier alpha value is -2.35. The standard InChI is InChI=1S/C27H31Cl2FN4O2/c28-22-16-24-26(35)31-17-20(34(24)25(22)29)14-18-6-7-23(30)21(15-18)27(36)33-12-8-19(9-13-33)32-10-4-2-1-3-5-11-32/h6-7,15-17,19H,1-5,8-14H2,(H,31,35). The van der Waals surface area contributed by atoms with E-state index in [1.165, 1.54) is 44.2 Å². The van der Waals surface area contributed by atoms with Crippen LogP contribution in [0.4, 0.5) is 4.39 Å². The predicted molar refractivity (Wildman–Crippen MR) is 141 cm³/mol. The predicted octanol–water partition coefficient (Wildman–Crippen LogP) is 5.54. The van der Waals surface area contributed by atoms with Gasteiger partial charge in [0, 0.05) is 37.4 Å². The first kappa shape index (κ1) is 25.3. The summed E-state index contributed by atoms with van der Waals surface area (Å²) in [6.07, 6.45) is 10.2. The number of nitrogens with one attached hydrogen (secondary N) is 1. The Morgan fingerprint density at radius 1 is 1.00 bits per heavy atom. The number of benzene rings is 1. The SMILES string of the molecule is O=C(c1cc(Cc2c[nH]c(=O)c3cc(Cl)c(Cl)n23)ccc1F)N1CCC(N2CCCCCCC2)CC1. The molecule has 2 aliphatic rings. The van der Waals surface area contributed by atoms with Crippen LogP contribution in [-0.2, 0) is 6.42 Å². The number of rotatable bonds is 4. The van der Waals surface area contributed by atoms with Crippen molar-refractivity contribution in [3.05, 3.63) is 73.6 Å². The molecule has 0 aliphatic carbocycles. The van der Waals surface area contributed by atoms with E-state index in [4.69, 9.17) is 23.2 Å². The monoisotopic (exact) mass is 532 g/mol. The number of carbonyl (C=O) groups excluding carboxylic acids is 1. The van der Waals surface area contributed by atoms with Crippen LogP contribution >= 0.6 is 23.2 Å². The molecule has 6 nitrogen and oxygen atoms in total. The summed E-state index contributed by atoms with van der Waals surface area (Å²) in [4.78, 5) is 32.6. The highest BCUT2D eigenvalue weighted by Crippen LogP contribution is 2.27. The van der Waals surface area contributed by atoms with Crippen molar-refractivity contribution in [3.63, 3.8) is 0 Å². The zero-order valence-corrected chi connectivity index (χ0v) is 21.8. The smallest absolute Gasteiger partial charge is 0.272 e. The second-order valence-electron chi connectivity index (χ2n) is 9.93. The molecule has 36 heavy (non-hydrogen) atoms. The molecule has 1 aromatic carbocycles. The van der Waals surface area contributed by atoms with Crippen molar-refractivity contribution in [2.75, 3.05) is 26.2 Å². The molecule has 2 aromatic heterocycles. The van der Waals surface area contributed by atoms with Crippen LogP contribution in [0, 0.1) is 5.82 Å². The Bertz CT molecular complexity index is 1310. The molecule has 0 bridgehead atoms. The zero-order valence-electron chi connectivity index (χ0n) is 20.2. The summed E-state index contributed by atoms with van der Waals surface area (Å²) in [7, 11) is 0. The third kappa shape index (κ3) is 5.20. The van der Waals surface area contributed by atoms with Gasteiger partial charge < -0.3 is 14.8 Å². The molecule has 4 heterocycles. The number of likely N-dealkylation sites (tertiary alicyclic amines) is 2. The zero-order chi connectivity index (χ0) is 25.2. The van der Waals surface area contributed by atoms with Gasteiger partial charge in [-0.1, -0.05) is 48.5 Å². The molecule has 0 atom stereocenters. The number of carbonyl (C=O) groups is 1. The lowest BCUT2D eigenvalue weighted by Gasteiger charge is -2.39. The van der Waals surface area contributed by atoms with Crippen LogP contribution in [0.5, 0.6) is 0 Å². The van der Waals surface area contributed by atoms with Gasteiger partial charge in [-0.2, -0.15) is 0 Å². The fourth-order valence-electron chi connectivity index (χ4n) is 5.62. The van der Waals surface area contributed by atoms with E-state index in [0.717, 1.165) is 31.5 Å². The van der Waals surface area contributed by atoms with Crippen LogP contribution in [0.25, 0.3) is 5.52 Å². The van der Waals surface area contributed by atoms with Crippen LogP contribution in [0.15, 0.2) is 35.3 Å². The van der Waals surface area contributed by atoms with Crippen molar-refractivity contribution >= 4 is 34.6 Å². The minimum atomic E-state index is -0.525. The Kier molecular flexibility index (Phi) is 7.70. The molecule has 0 saturated carbocycles. The van der Waals surface area contributed by atoms with Gasteiger partial charge in [0.25, 0.3) is 11.5 Å². The molecule has 3 aromatic rings. The molecule has 2 saturated heterocycles. The number of H-pyrrole nitrogens is 1. The highest BCUT2D eigenvalue weighted by Gasteiger charge is 2.28. The Morgan fingerprint density at radius 3 is 2.42 bits per heavy atom. The van der Waals surface area contributed by atoms with E-state index in [-0.39, 0.29) is 27.2 Å². The number of aromatic nitrogens is 2. The third-order valence-corrected chi connectivity index (χ3v) is 8.35. The molecule has 2 fully saturated rings. The topological polar surface area (TPSA) is 60.8 Å². The average molecular weight is 533 g/mol. The first-order chi connectivity index (χ1) is 17.4. The van der Waals surface area contributed by atoms with E-state index in [1.54, 1.807) is 27.6 Å². The van der Waals surface area contributed by atoms with Gasteiger partial charge in [0.2, 0.25) is 0 Å². The van der Waals surface area contributed by atoms with Crippen molar-refractivity contribution in [1.29, 1.82) is 0 Å². The maximum Gasteiger partial charge on any atom is 0.272 e. The largest absolute Gasteiger partial charge is 0.338 e. The molecule has 9 heteroatoms. The molecule has 0 spiro atoms. The highest BCUT2D eigenvalue weighted by atomic mass is 35.5. The first-order valence-electron chi connectivity index (χ1n) is 12.8. The van der Waals surface area contributed by atoms with Gasteiger partial charge in [-0.3, -0.25) is 14.0 Å². The quantitative estimate of drug-likeness (QED) is 0.480. The van der Waals surface area contributed by atoms with Gasteiger partial charge in [-0.25, -0.2) is 4.39 Å². The summed E-state index contributed by atoms with van der Waals surface area (Å²) in [6.45, 7) is 3.57. The Labute approximate surface area is 220 Å². The number of hydrogen-bond donors (Lipinski definition) is 1. The van der Waals surface area contributed by atoms with Crippen molar-refractivity contribution in [2.24, 2.45) is 0 Å². The van der Waals surface area contributed by atoms with Gasteiger partial charge in [-0.05, 0) is 62.5 Å². The normalized spacial score (nSPS) is 18.4. The average Bonchev–Trinajstić information content (AvgIpc) is 3.17. The number of amides is 1. The van der Waals surface area contributed by atoms with E-state index in [2.05, 4.69) is 9.88 Å². The highest BCUT2D eigenvalue weighted by molar-refractivity contribution is 6.42. The molecule has 1 amide bonds. The molecule has 1 N–H and O–H groups in total. The number of piperidine rings is 1. The Balaban J connectivity index is 1.30. The van der Waals surface area contributed by atoms with Crippen molar-refractivity contribution in [3.8, 4) is 0 Å². The second kappa shape index (κ2) is 11.0. The van der Waals surface area contributed by atoms with Crippen molar-refractivity contribution in [2.45, 2.75) is 57.4 Å². The van der Waals surface area contributed by atoms with Crippen LogP contribution in [0.2, 0.25) is 10.2 Å². The van der Waals surface area contributed by atoms with Gasteiger partial charge in [0.05, 0.1) is 10.6 Å². The molecular weight excluding hydrogens is 502 g/mol. The summed E-state index contributed by atoms with van der Waals surface area (Å²) in [5, 5.41) is 0.526. The fourth-order valence-corrected chi connectivity index (χ4v) is 6.06. The van der Waals surface area contributed by atoms with Gasteiger partial charge >= 0.3 is 0 Å². The molecular formula is C27H31Cl2FN4O2. The van der Waals surface area contributed by atoms with Gasteiger partial charge in [0.15, 0.2) is 0 Å². The summed E-state index contributed by atoms with van der Waals surface area (Å²) in [6, 6.07) is 6.61. The number of aromatic amines is 1. The lowest BCUT2D eigenvalue weighted by molar-refractivity contribution is 0.0603. The lowest BCUT2D eigenvalue weighted by Crippen LogP contribution is -2.47. The second-order valence-corrected chi connectivity index (χ2v) is 10.7. The third-order valence-electron chi connectivity index (χ3n) is 7.59. The molecule has 192 valence electrons. The van der Waals surface area contributed by atoms with E-state index in [1.807, 2.05) is 0 Å². The minimum absolute atomic E-state index is 0.0783. The van der Waals surface area contributed by atoms with E-state index < -0.39 is 5.82 Å². The maximum absolute atomic E-state index is 14.8. The summed E-state index contributed by atoms with van der Waals surface area (Å²) in [5.74, 6) is -0.794. The van der Waals surface area contributed by atoms with E-state index in [9.17, 15) is 14.0 Å². The van der Waals surface area contributed by atoms with Gasteiger partial charge in [-0.15, -0.1) is 0 Å². The lowest BCUT2D eigenvalue weighted by atomic mass is 9.99. The van der Waals surface area contributed by atoms with Crippen molar-refractivity contribution < 1.29 is 9.18 Å². The van der Waals surface area contributed by atoms with Crippen molar-refractivity contribution in [1.82, 2.24) is 19.2 Å². The number of nitrogens with zero attached hydrogens (tertiary/aromatic N) is 3. The number of fused-ring (bicyclic) bond motifs is 1. The van der Waals surface area contributed by atoms with Crippen LogP contribution in [0.3, 0.4) is 0 Å².